The van der Waals surface area contributed by atoms with Crippen LogP contribution < -0.4 is 22.1 Å². The molecule has 0 radical (unpaired) electrons. The van der Waals surface area contributed by atoms with Crippen LogP contribution in [0.1, 0.15) is 20.7 Å². The maximum absolute atomic E-state index is 12.0. The largest absolute Gasteiger partial charge is 0.376 e. The van der Waals surface area contributed by atoms with Gasteiger partial charge in [-0.3, -0.25) is 14.4 Å². The van der Waals surface area contributed by atoms with Crippen LogP contribution in [0.4, 0.5) is 11.4 Å². The highest BCUT2D eigenvalue weighted by atomic mass is 16.2. The number of anilines is 2. The second kappa shape index (κ2) is 7.08. The number of benzene rings is 2. The zero-order chi connectivity index (χ0) is 16.8. The summed E-state index contributed by atoms with van der Waals surface area (Å²) in [6.45, 7) is -0.0998. The predicted octanol–water partition coefficient (Wildman–Crippen LogP) is 0.935. The fourth-order valence-electron chi connectivity index (χ4n) is 2.03. The van der Waals surface area contributed by atoms with Crippen molar-refractivity contribution in [2.24, 2.45) is 11.5 Å². The van der Waals surface area contributed by atoms with Gasteiger partial charge in [-0.25, -0.2) is 0 Å². The molecular weight excluding hydrogens is 296 g/mol. The summed E-state index contributed by atoms with van der Waals surface area (Å²) in [5.74, 6) is -1.61. The average Bonchev–Trinajstić information content (AvgIpc) is 2.53. The van der Waals surface area contributed by atoms with E-state index in [9.17, 15) is 14.4 Å². The van der Waals surface area contributed by atoms with Gasteiger partial charge in [0.1, 0.15) is 0 Å². The summed E-state index contributed by atoms with van der Waals surface area (Å²) in [5, 5.41) is 5.43. The number of primary amides is 2. The van der Waals surface area contributed by atoms with Gasteiger partial charge < -0.3 is 22.1 Å². The lowest BCUT2D eigenvalue weighted by molar-refractivity contribution is -0.114. The van der Waals surface area contributed by atoms with E-state index in [1.807, 2.05) is 0 Å². The smallest absolute Gasteiger partial charge is 0.250 e. The maximum atomic E-state index is 12.0. The SMILES string of the molecule is NC(=O)c1ccccc1NCC(=O)Nc1ccccc1C(N)=O. The standard InChI is InChI=1S/C16H16N4O3/c17-15(22)10-5-1-3-7-12(10)19-9-14(21)20-13-8-4-2-6-11(13)16(18)23/h1-8,19H,9H2,(H2,17,22)(H2,18,23)(H,20,21). The molecule has 0 spiro atoms. The van der Waals surface area contributed by atoms with Crippen molar-refractivity contribution in [2.75, 3.05) is 17.2 Å². The van der Waals surface area contributed by atoms with Gasteiger partial charge in [0.2, 0.25) is 5.91 Å². The molecule has 0 aliphatic rings. The Hall–Kier alpha value is -3.35. The minimum Gasteiger partial charge on any atom is -0.376 e. The van der Waals surface area contributed by atoms with Crippen molar-refractivity contribution in [3.05, 3.63) is 59.7 Å². The topological polar surface area (TPSA) is 127 Å². The van der Waals surface area contributed by atoms with Gasteiger partial charge in [-0.1, -0.05) is 24.3 Å². The van der Waals surface area contributed by atoms with E-state index in [1.54, 1.807) is 42.5 Å². The molecule has 0 aliphatic carbocycles. The molecule has 0 bridgehead atoms. The van der Waals surface area contributed by atoms with Gasteiger partial charge in [0, 0.05) is 5.69 Å². The van der Waals surface area contributed by atoms with Crippen LogP contribution in [-0.2, 0) is 4.79 Å². The van der Waals surface area contributed by atoms with Crippen LogP contribution >= 0.6 is 0 Å². The monoisotopic (exact) mass is 312 g/mol. The molecule has 0 heterocycles. The Balaban J connectivity index is 2.04. The Kier molecular flexibility index (Phi) is 4.93. The van der Waals surface area contributed by atoms with Crippen molar-refractivity contribution in [1.82, 2.24) is 0 Å². The van der Waals surface area contributed by atoms with Crippen molar-refractivity contribution in [2.45, 2.75) is 0 Å². The van der Waals surface area contributed by atoms with Crippen LogP contribution in [-0.4, -0.2) is 24.3 Å². The molecule has 2 aromatic rings. The molecule has 23 heavy (non-hydrogen) atoms. The minimum absolute atomic E-state index is 0.0998. The van der Waals surface area contributed by atoms with Gasteiger partial charge in [0.25, 0.3) is 11.8 Å². The summed E-state index contributed by atoms with van der Waals surface area (Å²) in [6, 6.07) is 13.0. The van der Waals surface area contributed by atoms with E-state index >= 15 is 0 Å². The number of carbonyl (C=O) groups is 3. The molecule has 0 aromatic heterocycles. The number of nitrogens with two attached hydrogens (primary N) is 2. The molecule has 6 N–H and O–H groups in total. The van der Waals surface area contributed by atoms with Crippen LogP contribution in [0.25, 0.3) is 0 Å². The minimum atomic E-state index is -0.632. The summed E-state index contributed by atoms with van der Waals surface area (Å²) >= 11 is 0. The van der Waals surface area contributed by atoms with Gasteiger partial charge in [-0.2, -0.15) is 0 Å². The maximum Gasteiger partial charge on any atom is 0.250 e. The molecule has 118 valence electrons. The Morgan fingerprint density at radius 2 is 1.26 bits per heavy atom. The van der Waals surface area contributed by atoms with Crippen LogP contribution in [0.15, 0.2) is 48.5 Å². The van der Waals surface area contributed by atoms with Crippen LogP contribution in [0.3, 0.4) is 0 Å². The number of hydrogen-bond donors (Lipinski definition) is 4. The highest BCUT2D eigenvalue weighted by molar-refractivity contribution is 6.04. The molecule has 0 unspecified atom stereocenters. The number of nitrogens with one attached hydrogen (secondary N) is 2. The lowest BCUT2D eigenvalue weighted by Crippen LogP contribution is -2.25. The number of hydrogen-bond acceptors (Lipinski definition) is 4. The molecule has 0 saturated carbocycles. The number of amides is 3. The highest BCUT2D eigenvalue weighted by Gasteiger charge is 2.11. The van der Waals surface area contributed by atoms with Crippen molar-refractivity contribution >= 4 is 29.1 Å². The fourth-order valence-corrected chi connectivity index (χ4v) is 2.03. The van der Waals surface area contributed by atoms with E-state index in [2.05, 4.69) is 10.6 Å². The first kappa shape index (κ1) is 16.0. The normalized spacial score (nSPS) is 9.91. The lowest BCUT2D eigenvalue weighted by atomic mass is 10.1. The second-order valence-corrected chi connectivity index (χ2v) is 4.72. The number of para-hydroxylation sites is 2. The van der Waals surface area contributed by atoms with E-state index in [1.165, 1.54) is 6.07 Å². The molecule has 2 rings (SSSR count). The predicted molar refractivity (Wildman–Crippen MR) is 87.0 cm³/mol. The molecule has 0 atom stereocenters. The summed E-state index contributed by atoms with van der Waals surface area (Å²) in [4.78, 5) is 34.6. The van der Waals surface area contributed by atoms with Crippen LogP contribution in [0, 0.1) is 0 Å². The summed E-state index contributed by atoms with van der Waals surface area (Å²) in [6.07, 6.45) is 0. The molecular formula is C16H16N4O3. The van der Waals surface area contributed by atoms with E-state index in [4.69, 9.17) is 11.5 Å². The summed E-state index contributed by atoms with van der Waals surface area (Å²) in [7, 11) is 0. The molecule has 0 fully saturated rings. The fraction of sp³-hybridized carbons (Fsp3) is 0.0625. The van der Waals surface area contributed by atoms with E-state index in [0.717, 1.165) is 0 Å². The zero-order valence-corrected chi connectivity index (χ0v) is 12.2. The molecule has 3 amide bonds. The van der Waals surface area contributed by atoms with Gasteiger partial charge in [0.15, 0.2) is 0 Å². The Morgan fingerprint density at radius 1 is 0.783 bits per heavy atom. The average molecular weight is 312 g/mol. The van der Waals surface area contributed by atoms with Crippen molar-refractivity contribution < 1.29 is 14.4 Å². The van der Waals surface area contributed by atoms with Crippen molar-refractivity contribution in [3.8, 4) is 0 Å². The molecule has 0 aliphatic heterocycles. The van der Waals surface area contributed by atoms with Gasteiger partial charge in [0.05, 0.1) is 23.4 Å². The van der Waals surface area contributed by atoms with Crippen molar-refractivity contribution in [3.63, 3.8) is 0 Å². The Bertz CT molecular complexity index is 758. The van der Waals surface area contributed by atoms with Gasteiger partial charge in [-0.15, -0.1) is 0 Å². The molecule has 2 aromatic carbocycles. The van der Waals surface area contributed by atoms with E-state index in [-0.39, 0.29) is 17.7 Å². The molecule has 7 heteroatoms. The van der Waals surface area contributed by atoms with Crippen LogP contribution in [0.5, 0.6) is 0 Å². The lowest BCUT2D eigenvalue weighted by Gasteiger charge is -2.11. The summed E-state index contributed by atoms with van der Waals surface area (Å²) < 4.78 is 0. The molecule has 7 nitrogen and oxygen atoms in total. The Labute approximate surface area is 132 Å². The number of carbonyl (C=O) groups excluding carboxylic acids is 3. The zero-order valence-electron chi connectivity index (χ0n) is 12.2. The van der Waals surface area contributed by atoms with E-state index < -0.39 is 17.7 Å². The Morgan fingerprint density at radius 3 is 1.83 bits per heavy atom. The number of rotatable bonds is 6. The van der Waals surface area contributed by atoms with Crippen molar-refractivity contribution in [1.29, 1.82) is 0 Å². The second-order valence-electron chi connectivity index (χ2n) is 4.72. The van der Waals surface area contributed by atoms with E-state index in [0.29, 0.717) is 11.4 Å². The van der Waals surface area contributed by atoms with Gasteiger partial charge >= 0.3 is 0 Å². The molecule has 0 saturated heterocycles. The van der Waals surface area contributed by atoms with Crippen LogP contribution in [0.2, 0.25) is 0 Å². The highest BCUT2D eigenvalue weighted by Crippen LogP contribution is 2.15. The van der Waals surface area contributed by atoms with Gasteiger partial charge in [-0.05, 0) is 24.3 Å². The summed E-state index contributed by atoms with van der Waals surface area (Å²) in [5.41, 5.74) is 11.8. The third-order valence-electron chi connectivity index (χ3n) is 3.10. The first-order valence-corrected chi connectivity index (χ1v) is 6.80. The first-order valence-electron chi connectivity index (χ1n) is 6.80. The quantitative estimate of drug-likeness (QED) is 0.632. The third-order valence-corrected chi connectivity index (χ3v) is 3.10. The third kappa shape index (κ3) is 4.07. The first-order chi connectivity index (χ1) is 11.0.